The highest BCUT2D eigenvalue weighted by Crippen LogP contribution is 2.17. The second-order valence-electron chi connectivity index (χ2n) is 4.61. The van der Waals surface area contributed by atoms with Gasteiger partial charge in [-0.3, -0.25) is 4.79 Å². The predicted octanol–water partition coefficient (Wildman–Crippen LogP) is 3.03. The Balaban J connectivity index is 2.53. The molecule has 0 aliphatic heterocycles. The molecule has 1 rings (SSSR count). The van der Waals surface area contributed by atoms with Crippen molar-refractivity contribution in [1.29, 1.82) is 0 Å². The number of nitrogens with two attached hydrogens (primary N) is 1. The lowest BCUT2D eigenvalue weighted by Crippen LogP contribution is -2.08. The summed E-state index contributed by atoms with van der Waals surface area (Å²) in [5.41, 5.74) is 6.24. The van der Waals surface area contributed by atoms with Gasteiger partial charge in [-0.25, -0.2) is 0 Å². The summed E-state index contributed by atoms with van der Waals surface area (Å²) < 4.78 is 5.39. The number of Topliss-reactive ketones (excluding diaryl/α,β-unsaturated/α-hetero) is 1. The Kier molecular flexibility index (Phi) is 6.44. The molecule has 0 saturated carbocycles. The molecule has 0 spiro atoms. The van der Waals surface area contributed by atoms with E-state index in [-0.39, 0.29) is 5.78 Å². The molecule has 0 aliphatic rings. The fraction of sp³-hybridized carbons (Fsp3) is 0.533. The van der Waals surface area contributed by atoms with Gasteiger partial charge < -0.3 is 10.5 Å². The molecule has 0 radical (unpaired) electrons. The minimum absolute atomic E-state index is 0.181. The standard InChI is InChI=1S/C15H23NO2/c1-3-18-14-6-4-5-13(11-14)15(17)8-7-12(2)9-10-16/h4-6,11-12H,3,7-10,16H2,1-2H3. The Morgan fingerprint density at radius 3 is 2.83 bits per heavy atom. The van der Waals surface area contributed by atoms with E-state index in [4.69, 9.17) is 10.5 Å². The molecule has 18 heavy (non-hydrogen) atoms. The van der Waals surface area contributed by atoms with Crippen LogP contribution in [0.3, 0.4) is 0 Å². The first kappa shape index (κ1) is 14.7. The van der Waals surface area contributed by atoms with Crippen molar-refractivity contribution < 1.29 is 9.53 Å². The lowest BCUT2D eigenvalue weighted by molar-refractivity contribution is 0.0973. The van der Waals surface area contributed by atoms with E-state index in [0.29, 0.717) is 25.5 Å². The quantitative estimate of drug-likeness (QED) is 0.720. The maximum absolute atomic E-state index is 12.0. The lowest BCUT2D eigenvalue weighted by Gasteiger charge is -2.09. The van der Waals surface area contributed by atoms with Crippen molar-refractivity contribution in [1.82, 2.24) is 0 Å². The second kappa shape index (κ2) is 7.88. The summed E-state index contributed by atoms with van der Waals surface area (Å²) >= 11 is 0. The highest BCUT2D eigenvalue weighted by atomic mass is 16.5. The Morgan fingerprint density at radius 2 is 2.17 bits per heavy atom. The molecule has 0 aliphatic carbocycles. The van der Waals surface area contributed by atoms with Gasteiger partial charge in [0.05, 0.1) is 6.61 Å². The van der Waals surface area contributed by atoms with Gasteiger partial charge >= 0.3 is 0 Å². The monoisotopic (exact) mass is 249 g/mol. The van der Waals surface area contributed by atoms with Gasteiger partial charge in [-0.05, 0) is 44.4 Å². The third kappa shape index (κ3) is 4.88. The molecular weight excluding hydrogens is 226 g/mol. The SMILES string of the molecule is CCOc1cccc(C(=O)CCC(C)CCN)c1. The van der Waals surface area contributed by atoms with Crippen LogP contribution in [0.25, 0.3) is 0 Å². The minimum atomic E-state index is 0.181. The van der Waals surface area contributed by atoms with Crippen molar-refractivity contribution in [3.05, 3.63) is 29.8 Å². The summed E-state index contributed by atoms with van der Waals surface area (Å²) in [7, 11) is 0. The molecule has 0 heterocycles. The van der Waals surface area contributed by atoms with Gasteiger partial charge in [-0.15, -0.1) is 0 Å². The van der Waals surface area contributed by atoms with Crippen molar-refractivity contribution in [3.8, 4) is 5.75 Å². The van der Waals surface area contributed by atoms with Gasteiger partial charge in [-0.2, -0.15) is 0 Å². The number of carbonyl (C=O) groups is 1. The van der Waals surface area contributed by atoms with Gasteiger partial charge in [0.15, 0.2) is 5.78 Å². The maximum Gasteiger partial charge on any atom is 0.163 e. The number of rotatable bonds is 8. The third-order valence-electron chi connectivity index (χ3n) is 2.99. The third-order valence-corrected chi connectivity index (χ3v) is 2.99. The van der Waals surface area contributed by atoms with Crippen molar-refractivity contribution in [2.24, 2.45) is 11.7 Å². The molecule has 0 amide bonds. The Bertz CT molecular complexity index is 377. The van der Waals surface area contributed by atoms with E-state index in [0.717, 1.165) is 24.2 Å². The molecule has 3 heteroatoms. The zero-order valence-electron chi connectivity index (χ0n) is 11.3. The molecule has 100 valence electrons. The normalized spacial score (nSPS) is 12.2. The van der Waals surface area contributed by atoms with Crippen molar-refractivity contribution in [2.75, 3.05) is 13.2 Å². The molecule has 2 N–H and O–H groups in total. The van der Waals surface area contributed by atoms with Crippen LogP contribution in [0.1, 0.15) is 43.5 Å². The van der Waals surface area contributed by atoms with Crippen LogP contribution in [0.2, 0.25) is 0 Å². The highest BCUT2D eigenvalue weighted by Gasteiger charge is 2.09. The van der Waals surface area contributed by atoms with Crippen LogP contribution in [0, 0.1) is 5.92 Å². The van der Waals surface area contributed by atoms with Crippen molar-refractivity contribution in [3.63, 3.8) is 0 Å². The number of ketones is 1. The van der Waals surface area contributed by atoms with Crippen LogP contribution < -0.4 is 10.5 Å². The zero-order valence-corrected chi connectivity index (χ0v) is 11.3. The molecule has 1 atom stereocenters. The first-order chi connectivity index (χ1) is 8.67. The number of hydrogen-bond donors (Lipinski definition) is 1. The van der Waals surface area contributed by atoms with Crippen molar-refractivity contribution in [2.45, 2.75) is 33.1 Å². The van der Waals surface area contributed by atoms with Gasteiger partial charge in [-0.1, -0.05) is 19.1 Å². The molecule has 0 fully saturated rings. The summed E-state index contributed by atoms with van der Waals surface area (Å²) in [6, 6.07) is 7.40. The Labute approximate surface area is 109 Å². The van der Waals surface area contributed by atoms with Crippen LogP contribution in [0.15, 0.2) is 24.3 Å². The van der Waals surface area contributed by atoms with Gasteiger partial charge in [0.25, 0.3) is 0 Å². The molecule has 1 aromatic rings. The molecule has 0 aromatic heterocycles. The smallest absolute Gasteiger partial charge is 0.163 e. The number of carbonyl (C=O) groups excluding carboxylic acids is 1. The van der Waals surface area contributed by atoms with E-state index in [2.05, 4.69) is 6.92 Å². The van der Waals surface area contributed by atoms with Crippen LogP contribution in [-0.4, -0.2) is 18.9 Å². The predicted molar refractivity (Wildman–Crippen MR) is 74.0 cm³/mol. The van der Waals surface area contributed by atoms with Crippen LogP contribution in [-0.2, 0) is 0 Å². The van der Waals surface area contributed by atoms with E-state index in [1.807, 2.05) is 31.2 Å². The largest absolute Gasteiger partial charge is 0.494 e. The molecule has 1 unspecified atom stereocenters. The van der Waals surface area contributed by atoms with E-state index >= 15 is 0 Å². The summed E-state index contributed by atoms with van der Waals surface area (Å²) in [4.78, 5) is 12.0. The summed E-state index contributed by atoms with van der Waals surface area (Å²) in [6.07, 6.45) is 2.46. The van der Waals surface area contributed by atoms with Crippen LogP contribution >= 0.6 is 0 Å². The van der Waals surface area contributed by atoms with E-state index in [9.17, 15) is 4.79 Å². The molecule has 0 bridgehead atoms. The number of ether oxygens (including phenoxy) is 1. The fourth-order valence-corrected chi connectivity index (χ4v) is 1.88. The minimum Gasteiger partial charge on any atom is -0.494 e. The van der Waals surface area contributed by atoms with E-state index in [1.165, 1.54) is 0 Å². The topological polar surface area (TPSA) is 52.3 Å². The maximum atomic E-state index is 12.0. The first-order valence-corrected chi connectivity index (χ1v) is 6.63. The van der Waals surface area contributed by atoms with Gasteiger partial charge in [0.1, 0.15) is 5.75 Å². The lowest BCUT2D eigenvalue weighted by atomic mass is 9.97. The van der Waals surface area contributed by atoms with E-state index < -0.39 is 0 Å². The summed E-state index contributed by atoms with van der Waals surface area (Å²) in [5, 5.41) is 0. The van der Waals surface area contributed by atoms with Gasteiger partial charge in [0, 0.05) is 12.0 Å². The molecule has 3 nitrogen and oxygen atoms in total. The molecule has 0 saturated heterocycles. The van der Waals surface area contributed by atoms with Gasteiger partial charge in [0.2, 0.25) is 0 Å². The zero-order chi connectivity index (χ0) is 13.4. The number of hydrogen-bond acceptors (Lipinski definition) is 3. The average molecular weight is 249 g/mol. The molecular formula is C15H23NO2. The number of benzene rings is 1. The summed E-state index contributed by atoms with van der Waals surface area (Å²) in [5.74, 6) is 1.45. The first-order valence-electron chi connectivity index (χ1n) is 6.63. The second-order valence-corrected chi connectivity index (χ2v) is 4.61. The summed E-state index contributed by atoms with van der Waals surface area (Å²) in [6.45, 7) is 5.38. The molecule has 1 aromatic carbocycles. The Hall–Kier alpha value is -1.35. The van der Waals surface area contributed by atoms with E-state index in [1.54, 1.807) is 0 Å². The Morgan fingerprint density at radius 1 is 1.39 bits per heavy atom. The van der Waals surface area contributed by atoms with Crippen molar-refractivity contribution >= 4 is 5.78 Å². The van der Waals surface area contributed by atoms with Crippen LogP contribution in [0.4, 0.5) is 0 Å². The fourth-order valence-electron chi connectivity index (χ4n) is 1.88. The van der Waals surface area contributed by atoms with Crippen LogP contribution in [0.5, 0.6) is 5.75 Å². The highest BCUT2D eigenvalue weighted by molar-refractivity contribution is 5.96. The average Bonchev–Trinajstić information content (AvgIpc) is 2.37.